The average Bonchev–Trinajstić information content (AvgIpc) is 3.70. The smallest absolute Gasteiger partial charge is 0.252 e. The van der Waals surface area contributed by atoms with E-state index < -0.39 is 0 Å². The number of hydrogen-bond acceptors (Lipinski definition) is 4. The van der Waals surface area contributed by atoms with Crippen LogP contribution in [0.3, 0.4) is 0 Å². The maximum atomic E-state index is 6.88. The van der Waals surface area contributed by atoms with Crippen molar-refractivity contribution in [1.82, 2.24) is 4.98 Å². The highest BCUT2D eigenvalue weighted by molar-refractivity contribution is 7.00. The third-order valence-corrected chi connectivity index (χ3v) is 17.1. The zero-order valence-corrected chi connectivity index (χ0v) is 42.8. The van der Waals surface area contributed by atoms with Crippen LogP contribution in [0, 0.1) is 17.8 Å². The molecule has 0 atom stereocenters. The van der Waals surface area contributed by atoms with Crippen molar-refractivity contribution < 1.29 is 4.42 Å². The summed E-state index contributed by atoms with van der Waals surface area (Å²) in [6, 6.07) is 45.3. The molecule has 0 radical (unpaired) electrons. The third-order valence-electron chi connectivity index (χ3n) is 17.1. The molecule has 2 aliphatic heterocycles. The van der Waals surface area contributed by atoms with Crippen LogP contribution in [0.1, 0.15) is 149 Å². The highest BCUT2D eigenvalue weighted by Gasteiger charge is 2.53. The van der Waals surface area contributed by atoms with Gasteiger partial charge in [-0.3, -0.25) is 0 Å². The number of nitrogens with zero attached hydrogens (tertiary/aromatic N) is 3. The lowest BCUT2D eigenvalue weighted by Gasteiger charge is -2.57. The Hall–Kier alpha value is -5.55. The number of anilines is 6. The zero-order chi connectivity index (χ0) is 47.4. The van der Waals surface area contributed by atoms with Crippen molar-refractivity contribution in [3.63, 3.8) is 0 Å². The molecular formula is C63H70BN3O. The van der Waals surface area contributed by atoms with E-state index in [-0.39, 0.29) is 33.8 Å². The van der Waals surface area contributed by atoms with Crippen molar-refractivity contribution in [3.8, 4) is 11.5 Å². The molecule has 346 valence electrons. The Morgan fingerprint density at radius 3 is 1.41 bits per heavy atom. The molecule has 1 aromatic heterocycles. The summed E-state index contributed by atoms with van der Waals surface area (Å²) in [4.78, 5) is 10.6. The van der Waals surface area contributed by atoms with Crippen molar-refractivity contribution in [2.75, 3.05) is 9.80 Å². The maximum absolute atomic E-state index is 6.88. The fraction of sp³-hybridized carbons (Fsp3) is 0.413. The maximum Gasteiger partial charge on any atom is 0.252 e. The number of oxazole rings is 1. The van der Waals surface area contributed by atoms with E-state index in [1.165, 1.54) is 111 Å². The van der Waals surface area contributed by atoms with Crippen LogP contribution < -0.4 is 26.2 Å². The summed E-state index contributed by atoms with van der Waals surface area (Å²) in [5, 5.41) is 0. The molecule has 5 heteroatoms. The molecule has 68 heavy (non-hydrogen) atoms. The van der Waals surface area contributed by atoms with Gasteiger partial charge in [-0.15, -0.1) is 0 Å². The Kier molecular flexibility index (Phi) is 9.47. The fourth-order valence-corrected chi connectivity index (χ4v) is 13.7. The predicted molar refractivity (Wildman–Crippen MR) is 288 cm³/mol. The molecular weight excluding hydrogens is 826 g/mol. The number of hydrogen-bond donors (Lipinski definition) is 0. The lowest BCUT2D eigenvalue weighted by atomic mass is 9.33. The van der Waals surface area contributed by atoms with Crippen molar-refractivity contribution in [3.05, 3.63) is 143 Å². The van der Waals surface area contributed by atoms with E-state index in [0.29, 0.717) is 5.89 Å². The van der Waals surface area contributed by atoms with Gasteiger partial charge in [-0.1, -0.05) is 132 Å². The molecule has 4 nitrogen and oxygen atoms in total. The van der Waals surface area contributed by atoms with Gasteiger partial charge in [0.15, 0.2) is 5.58 Å². The summed E-state index contributed by atoms with van der Waals surface area (Å²) in [6.45, 7) is 27.7. The lowest BCUT2D eigenvalue weighted by molar-refractivity contribution is -0.00514. The molecule has 0 spiro atoms. The quantitative estimate of drug-likeness (QED) is 0.165. The first-order valence-electron chi connectivity index (χ1n) is 25.8. The van der Waals surface area contributed by atoms with E-state index in [1.807, 2.05) is 0 Å². The zero-order valence-electron chi connectivity index (χ0n) is 42.8. The van der Waals surface area contributed by atoms with Crippen LogP contribution in [0.15, 0.2) is 120 Å². The molecule has 3 heterocycles. The molecule has 0 unspecified atom stereocenters. The molecule has 0 N–H and O–H groups in total. The summed E-state index contributed by atoms with van der Waals surface area (Å²) in [6.07, 6.45) is 8.19. The minimum atomic E-state index is -0.0374. The summed E-state index contributed by atoms with van der Waals surface area (Å²) in [5.74, 6) is 3.16. The fourth-order valence-electron chi connectivity index (χ4n) is 13.7. The number of fused-ring (bicyclic) bond motifs is 5. The molecule has 4 aliphatic carbocycles. The summed E-state index contributed by atoms with van der Waals surface area (Å²) in [7, 11) is 0. The van der Waals surface area contributed by atoms with Crippen LogP contribution in [-0.2, 0) is 27.1 Å². The first-order valence-corrected chi connectivity index (χ1v) is 25.8. The van der Waals surface area contributed by atoms with E-state index in [2.05, 4.69) is 208 Å². The summed E-state index contributed by atoms with van der Waals surface area (Å²) >= 11 is 0. The standard InChI is InChI=1S/C63H70BN3O/c1-59(2,3)42-15-13-41(14-16-42)58-65-51-34-53-50(33-56(51)68-58)64-49-30-45(62(10,11)12)21-26-52(49)66(47-22-17-43(18-23-47)60(4,5)6)54-31-46(63-35-38-27-39(36-63)29-40(28-38)37-63)32-55(57(54)64)67(53)48-24-19-44(20-25-48)61(7,8)9/h13-26,30-34,38-40H,27-29,35-37H2,1-12H3. The normalized spacial score (nSPS) is 21.9. The lowest BCUT2D eigenvalue weighted by Crippen LogP contribution is -2.61. The van der Waals surface area contributed by atoms with Gasteiger partial charge in [0, 0.05) is 39.7 Å². The van der Waals surface area contributed by atoms with Gasteiger partial charge in [0.2, 0.25) is 5.89 Å². The molecule has 0 amide bonds. The van der Waals surface area contributed by atoms with Crippen molar-refractivity contribution in [1.29, 1.82) is 0 Å². The first kappa shape index (κ1) is 43.7. The van der Waals surface area contributed by atoms with E-state index in [4.69, 9.17) is 9.40 Å². The largest absolute Gasteiger partial charge is 0.436 e. The molecule has 4 bridgehead atoms. The topological polar surface area (TPSA) is 32.5 Å². The Bertz CT molecular complexity index is 3090. The molecule has 4 saturated carbocycles. The van der Waals surface area contributed by atoms with Crippen LogP contribution in [-0.4, -0.2) is 11.7 Å². The Morgan fingerprint density at radius 2 is 0.926 bits per heavy atom. The van der Waals surface area contributed by atoms with E-state index in [1.54, 1.807) is 5.56 Å². The number of benzene rings is 6. The molecule has 6 aromatic carbocycles. The van der Waals surface area contributed by atoms with Crippen molar-refractivity contribution in [2.45, 2.75) is 149 Å². The molecule has 6 aliphatic rings. The Morgan fingerprint density at radius 1 is 0.485 bits per heavy atom. The first-order chi connectivity index (χ1) is 32.1. The van der Waals surface area contributed by atoms with E-state index in [9.17, 15) is 0 Å². The molecule has 4 fully saturated rings. The van der Waals surface area contributed by atoms with Gasteiger partial charge in [0.1, 0.15) is 5.52 Å². The van der Waals surface area contributed by atoms with Gasteiger partial charge < -0.3 is 14.2 Å². The summed E-state index contributed by atoms with van der Waals surface area (Å²) in [5.41, 5.74) is 21.3. The van der Waals surface area contributed by atoms with Crippen LogP contribution in [0.5, 0.6) is 0 Å². The van der Waals surface area contributed by atoms with Crippen LogP contribution >= 0.6 is 0 Å². The average molecular weight is 896 g/mol. The van der Waals surface area contributed by atoms with E-state index in [0.717, 1.165) is 34.4 Å². The van der Waals surface area contributed by atoms with Gasteiger partial charge in [-0.25, -0.2) is 4.98 Å². The Balaban J connectivity index is 1.15. The van der Waals surface area contributed by atoms with Crippen LogP contribution in [0.25, 0.3) is 22.6 Å². The second-order valence-electron chi connectivity index (χ2n) is 26.1. The van der Waals surface area contributed by atoms with Crippen molar-refractivity contribution >= 4 is 68.3 Å². The second kappa shape index (κ2) is 14.7. The predicted octanol–water partition coefficient (Wildman–Crippen LogP) is 15.2. The SMILES string of the molecule is CC(C)(C)c1ccc(-c2nc3cc4c(cc3o2)B2c3cc(C(C)(C)C)ccc3N(c3ccc(C(C)(C)C)cc3)c3cc(C56CC7CC(CC(C7)C5)C6)cc(c32)N4c2ccc(C(C)(C)C)cc2)cc1. The number of aromatic nitrogens is 1. The van der Waals surface area contributed by atoms with Gasteiger partial charge >= 0.3 is 0 Å². The van der Waals surface area contributed by atoms with E-state index >= 15 is 0 Å². The molecule has 7 aromatic rings. The number of rotatable bonds is 4. The van der Waals surface area contributed by atoms with Gasteiger partial charge in [0.25, 0.3) is 6.71 Å². The molecule has 0 saturated heterocycles. The monoisotopic (exact) mass is 896 g/mol. The van der Waals surface area contributed by atoms with Gasteiger partial charge in [0.05, 0.1) is 0 Å². The van der Waals surface area contributed by atoms with Crippen molar-refractivity contribution in [2.24, 2.45) is 17.8 Å². The second-order valence-corrected chi connectivity index (χ2v) is 26.1. The van der Waals surface area contributed by atoms with Gasteiger partial charge in [-0.2, -0.15) is 0 Å². The summed E-state index contributed by atoms with van der Waals surface area (Å²) < 4.78 is 6.88. The highest BCUT2D eigenvalue weighted by atomic mass is 16.3. The van der Waals surface area contributed by atoms with Crippen LogP contribution in [0.2, 0.25) is 0 Å². The minimum absolute atomic E-state index is 0.0306. The third kappa shape index (κ3) is 7.02. The Labute approximate surface area is 406 Å². The van der Waals surface area contributed by atoms with Crippen LogP contribution in [0.4, 0.5) is 34.1 Å². The van der Waals surface area contributed by atoms with Gasteiger partial charge in [-0.05, 0) is 194 Å². The molecule has 13 rings (SSSR count). The minimum Gasteiger partial charge on any atom is -0.436 e. The highest BCUT2D eigenvalue weighted by Crippen LogP contribution is 2.62.